The largest absolute Gasteiger partial charge is 0.356 e. The Morgan fingerprint density at radius 2 is 1.97 bits per heavy atom. The second-order valence-electron chi connectivity index (χ2n) is 7.86. The van der Waals surface area contributed by atoms with Crippen LogP contribution in [0.15, 0.2) is 60.9 Å². The summed E-state index contributed by atoms with van der Waals surface area (Å²) in [6.07, 6.45) is 6.52. The third-order valence-electron chi connectivity index (χ3n) is 5.79. The fourth-order valence-electron chi connectivity index (χ4n) is 4.08. The summed E-state index contributed by atoms with van der Waals surface area (Å²) < 4.78 is 2.22. The first-order chi connectivity index (χ1) is 14.7. The molecule has 1 N–H and O–H groups in total. The number of nitrogens with zero attached hydrogens (tertiary/aromatic N) is 3. The first-order valence-corrected chi connectivity index (χ1v) is 10.7. The maximum Gasteiger partial charge on any atom is 0.224 e. The minimum atomic E-state index is -0.126. The van der Waals surface area contributed by atoms with E-state index in [0.29, 0.717) is 38.9 Å². The van der Waals surface area contributed by atoms with E-state index in [4.69, 9.17) is 0 Å². The summed E-state index contributed by atoms with van der Waals surface area (Å²) in [5.41, 5.74) is 2.19. The van der Waals surface area contributed by atoms with Gasteiger partial charge in [-0.25, -0.2) is 0 Å². The molecule has 1 aliphatic rings. The molecule has 156 valence electrons. The lowest BCUT2D eigenvalue weighted by Crippen LogP contribution is -2.46. The fourth-order valence-corrected chi connectivity index (χ4v) is 4.08. The molecule has 2 amide bonds. The topological polar surface area (TPSA) is 67.2 Å². The van der Waals surface area contributed by atoms with Crippen molar-refractivity contribution in [1.82, 2.24) is 19.8 Å². The van der Waals surface area contributed by atoms with Crippen molar-refractivity contribution in [2.45, 2.75) is 32.2 Å². The molecule has 4 rings (SSSR count). The van der Waals surface area contributed by atoms with Crippen molar-refractivity contribution in [3.8, 4) is 0 Å². The normalized spacial score (nSPS) is 16.7. The summed E-state index contributed by atoms with van der Waals surface area (Å²) in [7, 11) is 0. The quantitative estimate of drug-likeness (QED) is 0.587. The van der Waals surface area contributed by atoms with Gasteiger partial charge in [-0.05, 0) is 42.5 Å². The van der Waals surface area contributed by atoms with Crippen molar-refractivity contribution in [1.29, 1.82) is 0 Å². The lowest BCUT2D eigenvalue weighted by atomic mass is 9.96. The van der Waals surface area contributed by atoms with Gasteiger partial charge in [0.15, 0.2) is 0 Å². The zero-order chi connectivity index (χ0) is 20.8. The standard InChI is InChI=1S/C24H28N4O2/c29-23-10-9-20(18-28(23)17-12-21-7-3-4-13-25-21)24(30)26-14-5-15-27-16-11-19-6-1-2-8-22(19)27/h1-4,6-8,11,13,16,20H,5,9-10,12,14-15,17-18H2,(H,26,30). The van der Waals surface area contributed by atoms with Crippen LogP contribution in [0.25, 0.3) is 10.9 Å². The molecule has 1 aromatic carbocycles. The summed E-state index contributed by atoms with van der Waals surface area (Å²) in [5, 5.41) is 4.30. The molecule has 1 fully saturated rings. The van der Waals surface area contributed by atoms with E-state index in [1.165, 1.54) is 10.9 Å². The van der Waals surface area contributed by atoms with Crippen molar-refractivity contribution in [3.05, 3.63) is 66.6 Å². The zero-order valence-electron chi connectivity index (χ0n) is 17.2. The third-order valence-corrected chi connectivity index (χ3v) is 5.79. The highest BCUT2D eigenvalue weighted by atomic mass is 16.2. The van der Waals surface area contributed by atoms with Crippen LogP contribution >= 0.6 is 0 Å². The van der Waals surface area contributed by atoms with Crippen molar-refractivity contribution in [2.24, 2.45) is 5.92 Å². The molecule has 3 heterocycles. The van der Waals surface area contributed by atoms with Crippen LogP contribution in [-0.4, -0.2) is 45.9 Å². The molecule has 30 heavy (non-hydrogen) atoms. The SMILES string of the molecule is O=C(NCCCn1ccc2ccccc21)C1CCC(=O)N(CCc2ccccn2)C1. The maximum absolute atomic E-state index is 12.6. The number of carbonyl (C=O) groups is 2. The van der Waals surface area contributed by atoms with Gasteiger partial charge in [-0.1, -0.05) is 24.3 Å². The molecule has 0 aliphatic carbocycles. The summed E-state index contributed by atoms with van der Waals surface area (Å²) in [6, 6.07) is 16.2. The van der Waals surface area contributed by atoms with E-state index >= 15 is 0 Å². The highest BCUT2D eigenvalue weighted by Gasteiger charge is 2.29. The number of likely N-dealkylation sites (tertiary alicyclic amines) is 1. The summed E-state index contributed by atoms with van der Waals surface area (Å²) >= 11 is 0. The van der Waals surface area contributed by atoms with Crippen LogP contribution in [0.3, 0.4) is 0 Å². The lowest BCUT2D eigenvalue weighted by Gasteiger charge is -2.32. The van der Waals surface area contributed by atoms with Gasteiger partial charge in [-0.15, -0.1) is 0 Å². The molecule has 1 atom stereocenters. The lowest BCUT2D eigenvalue weighted by molar-refractivity contribution is -0.138. The molecule has 0 radical (unpaired) electrons. The van der Waals surface area contributed by atoms with E-state index in [1.807, 2.05) is 35.2 Å². The van der Waals surface area contributed by atoms with Crippen LogP contribution in [0.5, 0.6) is 0 Å². The second kappa shape index (κ2) is 9.57. The number of piperidine rings is 1. The Kier molecular flexibility index (Phi) is 6.42. The van der Waals surface area contributed by atoms with Gasteiger partial charge in [-0.3, -0.25) is 14.6 Å². The number of pyridine rings is 1. The molecule has 0 saturated carbocycles. The van der Waals surface area contributed by atoms with E-state index in [1.54, 1.807) is 6.20 Å². The van der Waals surface area contributed by atoms with Crippen LogP contribution < -0.4 is 5.32 Å². The van der Waals surface area contributed by atoms with Crippen LogP contribution in [0.2, 0.25) is 0 Å². The first kappa shape index (κ1) is 20.1. The van der Waals surface area contributed by atoms with Crippen molar-refractivity contribution in [2.75, 3.05) is 19.6 Å². The molecule has 1 unspecified atom stereocenters. The predicted octanol–water partition coefficient (Wildman–Crippen LogP) is 3.02. The number of para-hydroxylation sites is 1. The van der Waals surface area contributed by atoms with E-state index in [0.717, 1.165) is 18.7 Å². The molecular formula is C24H28N4O2. The number of benzene rings is 1. The number of nitrogens with one attached hydrogen (secondary N) is 1. The number of rotatable bonds is 8. The number of hydrogen-bond acceptors (Lipinski definition) is 3. The molecule has 0 spiro atoms. The van der Waals surface area contributed by atoms with Gasteiger partial charge in [0.2, 0.25) is 11.8 Å². The minimum Gasteiger partial charge on any atom is -0.356 e. The Morgan fingerprint density at radius 3 is 2.83 bits per heavy atom. The van der Waals surface area contributed by atoms with Crippen molar-refractivity contribution < 1.29 is 9.59 Å². The Balaban J connectivity index is 1.22. The fraction of sp³-hybridized carbons (Fsp3) is 0.375. The van der Waals surface area contributed by atoms with Gasteiger partial charge >= 0.3 is 0 Å². The molecule has 2 aromatic heterocycles. The average Bonchev–Trinajstić information content (AvgIpc) is 3.20. The first-order valence-electron chi connectivity index (χ1n) is 10.7. The molecule has 1 saturated heterocycles. The third kappa shape index (κ3) is 4.87. The monoisotopic (exact) mass is 404 g/mol. The van der Waals surface area contributed by atoms with Crippen molar-refractivity contribution in [3.63, 3.8) is 0 Å². The van der Waals surface area contributed by atoms with Gasteiger partial charge in [0, 0.05) is 62.6 Å². The number of hydrogen-bond donors (Lipinski definition) is 1. The maximum atomic E-state index is 12.6. The highest BCUT2D eigenvalue weighted by Crippen LogP contribution is 2.19. The van der Waals surface area contributed by atoms with E-state index in [9.17, 15) is 9.59 Å². The Bertz CT molecular complexity index is 999. The van der Waals surface area contributed by atoms with Crippen LogP contribution in [0, 0.1) is 5.92 Å². The number of fused-ring (bicyclic) bond motifs is 1. The van der Waals surface area contributed by atoms with Gasteiger partial charge in [0.05, 0.1) is 5.92 Å². The molecule has 3 aromatic rings. The zero-order valence-corrected chi connectivity index (χ0v) is 17.2. The van der Waals surface area contributed by atoms with Crippen LogP contribution in [0.4, 0.5) is 0 Å². The summed E-state index contributed by atoms with van der Waals surface area (Å²) in [5.74, 6) is 0.0657. The number of amides is 2. The Morgan fingerprint density at radius 1 is 1.10 bits per heavy atom. The Hall–Kier alpha value is -3.15. The highest BCUT2D eigenvalue weighted by molar-refractivity contribution is 5.83. The number of carbonyl (C=O) groups excluding carboxylic acids is 2. The average molecular weight is 405 g/mol. The molecule has 6 heteroatoms. The summed E-state index contributed by atoms with van der Waals surface area (Å²) in [4.78, 5) is 31.0. The van der Waals surface area contributed by atoms with Crippen LogP contribution in [-0.2, 0) is 22.6 Å². The van der Waals surface area contributed by atoms with Crippen molar-refractivity contribution >= 4 is 22.7 Å². The molecule has 1 aliphatic heterocycles. The second-order valence-corrected chi connectivity index (χ2v) is 7.86. The molecular weight excluding hydrogens is 376 g/mol. The number of aromatic nitrogens is 2. The molecule has 6 nitrogen and oxygen atoms in total. The smallest absolute Gasteiger partial charge is 0.224 e. The summed E-state index contributed by atoms with van der Waals surface area (Å²) in [6.45, 7) is 2.62. The van der Waals surface area contributed by atoms with Gasteiger partial charge in [0.25, 0.3) is 0 Å². The van der Waals surface area contributed by atoms with Gasteiger partial charge in [-0.2, -0.15) is 0 Å². The van der Waals surface area contributed by atoms with Crippen LogP contribution in [0.1, 0.15) is 25.0 Å². The van der Waals surface area contributed by atoms with Gasteiger partial charge < -0.3 is 14.8 Å². The minimum absolute atomic E-state index is 0.0581. The Labute approximate surface area is 176 Å². The van der Waals surface area contributed by atoms with E-state index in [2.05, 4.69) is 39.3 Å². The number of aryl methyl sites for hydroxylation is 1. The van der Waals surface area contributed by atoms with E-state index < -0.39 is 0 Å². The van der Waals surface area contributed by atoms with Gasteiger partial charge in [0.1, 0.15) is 0 Å². The molecule has 0 bridgehead atoms. The van der Waals surface area contributed by atoms with E-state index in [-0.39, 0.29) is 17.7 Å². The predicted molar refractivity (Wildman–Crippen MR) is 117 cm³/mol.